The van der Waals surface area contributed by atoms with E-state index < -0.39 is 0 Å². The quantitative estimate of drug-likeness (QED) is 0.618. The van der Waals surface area contributed by atoms with Gasteiger partial charge in [0.2, 0.25) is 0 Å². The fourth-order valence-corrected chi connectivity index (χ4v) is 5.20. The van der Waals surface area contributed by atoms with E-state index in [-0.39, 0.29) is 0 Å². The van der Waals surface area contributed by atoms with Crippen molar-refractivity contribution >= 4 is 5.69 Å². The van der Waals surface area contributed by atoms with E-state index in [4.69, 9.17) is 4.74 Å². The fourth-order valence-electron chi connectivity index (χ4n) is 5.20. The van der Waals surface area contributed by atoms with Gasteiger partial charge in [0.15, 0.2) is 0 Å². The van der Waals surface area contributed by atoms with Crippen molar-refractivity contribution in [2.45, 2.75) is 63.8 Å². The summed E-state index contributed by atoms with van der Waals surface area (Å²) in [6, 6.07) is 9.58. The zero-order valence-electron chi connectivity index (χ0n) is 17.7. The largest absolute Gasteiger partial charge is 0.494 e. The van der Waals surface area contributed by atoms with Crippen LogP contribution in [0.3, 0.4) is 0 Å². The van der Waals surface area contributed by atoms with Gasteiger partial charge in [-0.05, 0) is 95.4 Å². The molecule has 0 bridgehead atoms. The summed E-state index contributed by atoms with van der Waals surface area (Å²) in [5, 5.41) is 0. The highest BCUT2D eigenvalue weighted by molar-refractivity contribution is 5.51. The second-order valence-corrected chi connectivity index (χ2v) is 8.95. The summed E-state index contributed by atoms with van der Waals surface area (Å²) in [5.74, 6) is 1.02. The van der Waals surface area contributed by atoms with Crippen LogP contribution in [-0.4, -0.2) is 68.3 Å². The molecule has 4 nitrogen and oxygen atoms in total. The molecule has 0 amide bonds. The fraction of sp³-hybridized carbons (Fsp3) is 0.750. The van der Waals surface area contributed by atoms with Gasteiger partial charge in [0.25, 0.3) is 0 Å². The third-order valence-electron chi connectivity index (χ3n) is 6.80. The van der Waals surface area contributed by atoms with Gasteiger partial charge in [-0.3, -0.25) is 0 Å². The molecule has 4 heteroatoms. The SMILES string of the molecule is c1cc(N2CCC[C@@H]2CN2CCCCC2)ccc1OCCCN1CCCCC1. The average molecular weight is 386 g/mol. The molecule has 0 saturated carbocycles. The van der Waals surface area contributed by atoms with E-state index in [1.165, 1.54) is 103 Å². The summed E-state index contributed by atoms with van der Waals surface area (Å²) in [4.78, 5) is 7.91. The number of ether oxygens (including phenoxy) is 1. The van der Waals surface area contributed by atoms with Crippen molar-refractivity contribution in [3.63, 3.8) is 0 Å². The molecule has 3 aliphatic rings. The molecular formula is C24H39N3O. The number of hydrogen-bond donors (Lipinski definition) is 0. The Hall–Kier alpha value is -1.26. The minimum Gasteiger partial charge on any atom is -0.494 e. The number of nitrogens with zero attached hydrogens (tertiary/aromatic N) is 3. The first-order valence-corrected chi connectivity index (χ1v) is 11.8. The van der Waals surface area contributed by atoms with Crippen LogP contribution in [0.25, 0.3) is 0 Å². The maximum atomic E-state index is 6.01. The van der Waals surface area contributed by atoms with E-state index in [1.807, 2.05) is 0 Å². The first-order chi connectivity index (χ1) is 13.9. The van der Waals surface area contributed by atoms with Gasteiger partial charge < -0.3 is 19.4 Å². The van der Waals surface area contributed by atoms with Crippen LogP contribution in [0.2, 0.25) is 0 Å². The van der Waals surface area contributed by atoms with Gasteiger partial charge in [-0.2, -0.15) is 0 Å². The van der Waals surface area contributed by atoms with E-state index >= 15 is 0 Å². The van der Waals surface area contributed by atoms with Gasteiger partial charge >= 0.3 is 0 Å². The first kappa shape index (κ1) is 20.0. The molecule has 4 rings (SSSR count). The van der Waals surface area contributed by atoms with Crippen molar-refractivity contribution < 1.29 is 4.74 Å². The van der Waals surface area contributed by atoms with Gasteiger partial charge in [0.05, 0.1) is 6.61 Å². The maximum Gasteiger partial charge on any atom is 0.119 e. The Kier molecular flexibility index (Phi) is 7.51. The summed E-state index contributed by atoms with van der Waals surface area (Å²) in [6.45, 7) is 9.62. The molecule has 3 aliphatic heterocycles. The van der Waals surface area contributed by atoms with Gasteiger partial charge in [0, 0.05) is 31.4 Å². The zero-order valence-corrected chi connectivity index (χ0v) is 17.7. The normalized spacial score (nSPS) is 24.6. The zero-order chi connectivity index (χ0) is 19.0. The van der Waals surface area contributed by atoms with Crippen LogP contribution in [-0.2, 0) is 0 Å². The molecule has 3 heterocycles. The summed E-state index contributed by atoms with van der Waals surface area (Å²) in [5.41, 5.74) is 1.38. The standard InChI is InChI=1S/C24H39N3O/c1-3-14-25(15-4-1)18-8-20-28-24-12-10-22(11-13-24)27-19-7-9-23(27)21-26-16-5-2-6-17-26/h10-13,23H,1-9,14-21H2/t23-/m1/s1. The summed E-state index contributed by atoms with van der Waals surface area (Å²) in [6.07, 6.45) is 12.1. The Bertz CT molecular complexity index is 564. The predicted molar refractivity (Wildman–Crippen MR) is 118 cm³/mol. The molecule has 0 N–H and O–H groups in total. The summed E-state index contributed by atoms with van der Waals surface area (Å²) >= 11 is 0. The van der Waals surface area contributed by atoms with E-state index in [9.17, 15) is 0 Å². The molecule has 1 atom stereocenters. The molecule has 0 aliphatic carbocycles. The number of likely N-dealkylation sites (tertiary alicyclic amines) is 2. The molecule has 1 aromatic rings. The lowest BCUT2D eigenvalue weighted by molar-refractivity contribution is 0.205. The molecule has 1 aromatic carbocycles. The van der Waals surface area contributed by atoms with Gasteiger partial charge in [0.1, 0.15) is 5.75 Å². The summed E-state index contributed by atoms with van der Waals surface area (Å²) < 4.78 is 6.01. The van der Waals surface area contributed by atoms with Gasteiger partial charge in [-0.25, -0.2) is 0 Å². The Labute approximate surface area is 171 Å². The highest BCUT2D eigenvalue weighted by Crippen LogP contribution is 2.28. The van der Waals surface area contributed by atoms with E-state index in [1.54, 1.807) is 0 Å². The monoisotopic (exact) mass is 385 g/mol. The minimum atomic E-state index is 0.689. The van der Waals surface area contributed by atoms with Crippen LogP contribution in [0.4, 0.5) is 5.69 Å². The average Bonchev–Trinajstić information content (AvgIpc) is 3.21. The third-order valence-corrected chi connectivity index (χ3v) is 6.80. The lowest BCUT2D eigenvalue weighted by atomic mass is 10.1. The predicted octanol–water partition coefficient (Wildman–Crippen LogP) is 4.40. The Morgan fingerprint density at radius 3 is 2.14 bits per heavy atom. The van der Waals surface area contributed by atoms with Crippen LogP contribution < -0.4 is 9.64 Å². The number of hydrogen-bond acceptors (Lipinski definition) is 4. The van der Waals surface area contributed by atoms with Crippen LogP contribution in [0.5, 0.6) is 5.75 Å². The highest BCUT2D eigenvalue weighted by atomic mass is 16.5. The number of piperidine rings is 2. The molecule has 28 heavy (non-hydrogen) atoms. The molecule has 0 radical (unpaired) electrons. The third kappa shape index (κ3) is 5.64. The molecule has 0 spiro atoms. The molecule has 3 saturated heterocycles. The molecular weight excluding hydrogens is 346 g/mol. The van der Waals surface area contributed by atoms with E-state index in [0.717, 1.165) is 18.8 Å². The summed E-state index contributed by atoms with van der Waals surface area (Å²) in [7, 11) is 0. The maximum absolute atomic E-state index is 6.01. The molecule has 3 fully saturated rings. The number of rotatable bonds is 8. The lowest BCUT2D eigenvalue weighted by Gasteiger charge is -2.34. The topological polar surface area (TPSA) is 19.0 Å². The minimum absolute atomic E-state index is 0.689. The van der Waals surface area contributed by atoms with Crippen LogP contribution in [0.1, 0.15) is 57.8 Å². The van der Waals surface area contributed by atoms with Crippen molar-refractivity contribution in [3.8, 4) is 5.75 Å². The Morgan fingerprint density at radius 1 is 0.750 bits per heavy atom. The van der Waals surface area contributed by atoms with Gasteiger partial charge in [-0.15, -0.1) is 0 Å². The van der Waals surface area contributed by atoms with Crippen LogP contribution in [0.15, 0.2) is 24.3 Å². The smallest absolute Gasteiger partial charge is 0.119 e. The number of anilines is 1. The highest BCUT2D eigenvalue weighted by Gasteiger charge is 2.27. The van der Waals surface area contributed by atoms with Crippen LogP contribution in [0, 0.1) is 0 Å². The van der Waals surface area contributed by atoms with Crippen molar-refractivity contribution in [2.75, 3.05) is 57.3 Å². The molecule has 156 valence electrons. The van der Waals surface area contributed by atoms with Crippen molar-refractivity contribution in [2.24, 2.45) is 0 Å². The van der Waals surface area contributed by atoms with E-state index in [0.29, 0.717) is 6.04 Å². The molecule has 0 aromatic heterocycles. The molecule has 0 unspecified atom stereocenters. The van der Waals surface area contributed by atoms with Gasteiger partial charge in [-0.1, -0.05) is 12.8 Å². The lowest BCUT2D eigenvalue weighted by Crippen LogP contribution is -2.42. The second-order valence-electron chi connectivity index (χ2n) is 8.95. The first-order valence-electron chi connectivity index (χ1n) is 11.8. The second kappa shape index (κ2) is 10.5. The van der Waals surface area contributed by atoms with E-state index in [2.05, 4.69) is 39.0 Å². The van der Waals surface area contributed by atoms with Crippen molar-refractivity contribution in [1.82, 2.24) is 9.80 Å². The number of benzene rings is 1. The van der Waals surface area contributed by atoms with Crippen molar-refractivity contribution in [1.29, 1.82) is 0 Å². The van der Waals surface area contributed by atoms with Crippen LogP contribution >= 0.6 is 0 Å². The van der Waals surface area contributed by atoms with Crippen molar-refractivity contribution in [3.05, 3.63) is 24.3 Å². The Balaban J connectivity index is 1.21. The Morgan fingerprint density at radius 2 is 1.43 bits per heavy atom.